The predicted octanol–water partition coefficient (Wildman–Crippen LogP) is 2.74. The van der Waals surface area contributed by atoms with E-state index >= 15 is 0 Å². The van der Waals surface area contributed by atoms with E-state index in [9.17, 15) is 4.39 Å². The highest BCUT2D eigenvalue weighted by atomic mass is 19.1. The minimum atomic E-state index is -0.134. The van der Waals surface area contributed by atoms with Gasteiger partial charge in [-0.25, -0.2) is 4.39 Å². The van der Waals surface area contributed by atoms with Crippen molar-refractivity contribution in [1.82, 2.24) is 9.80 Å². The topological polar surface area (TPSA) is 6.48 Å². The second kappa shape index (κ2) is 6.30. The molecule has 0 aliphatic carbocycles. The molecule has 1 fully saturated rings. The Morgan fingerprint density at radius 1 is 1.22 bits per heavy atom. The summed E-state index contributed by atoms with van der Waals surface area (Å²) < 4.78 is 13.1. The highest BCUT2D eigenvalue weighted by Crippen LogP contribution is 2.12. The third-order valence-electron chi connectivity index (χ3n) is 3.92. The number of hydrogen-bond donors (Lipinski definition) is 0. The summed E-state index contributed by atoms with van der Waals surface area (Å²) in [5.74, 6) is -0.134. The standard InChI is InChI=1S/C15H23FN2/c1-3-13(2)18-9-7-17(8-10-18)12-14-5-4-6-15(16)11-14/h4-6,11,13H,3,7-10,12H2,1-2H3. The molecule has 100 valence electrons. The quantitative estimate of drug-likeness (QED) is 0.810. The van der Waals surface area contributed by atoms with Gasteiger partial charge in [-0.1, -0.05) is 19.1 Å². The number of hydrogen-bond acceptors (Lipinski definition) is 2. The molecule has 1 aromatic rings. The summed E-state index contributed by atoms with van der Waals surface area (Å²) in [5.41, 5.74) is 1.08. The van der Waals surface area contributed by atoms with Gasteiger partial charge in [0.05, 0.1) is 0 Å². The van der Waals surface area contributed by atoms with Gasteiger partial charge < -0.3 is 0 Å². The van der Waals surface area contributed by atoms with Gasteiger partial charge in [0.25, 0.3) is 0 Å². The van der Waals surface area contributed by atoms with Gasteiger partial charge >= 0.3 is 0 Å². The fourth-order valence-corrected chi connectivity index (χ4v) is 2.51. The van der Waals surface area contributed by atoms with Crippen molar-refractivity contribution >= 4 is 0 Å². The molecule has 0 spiro atoms. The van der Waals surface area contributed by atoms with Crippen LogP contribution >= 0.6 is 0 Å². The molecule has 0 aromatic heterocycles. The van der Waals surface area contributed by atoms with Gasteiger partial charge in [0.1, 0.15) is 5.82 Å². The Hall–Kier alpha value is -0.930. The average Bonchev–Trinajstić information content (AvgIpc) is 2.39. The first kappa shape index (κ1) is 13.5. The maximum absolute atomic E-state index is 13.1. The van der Waals surface area contributed by atoms with Crippen molar-refractivity contribution in [1.29, 1.82) is 0 Å². The lowest BCUT2D eigenvalue weighted by Crippen LogP contribution is -2.48. The molecule has 3 heteroatoms. The first-order valence-electron chi connectivity index (χ1n) is 6.90. The summed E-state index contributed by atoms with van der Waals surface area (Å²) in [6.45, 7) is 9.83. The normalized spacial score (nSPS) is 19.9. The molecular weight excluding hydrogens is 227 g/mol. The van der Waals surface area contributed by atoms with Crippen LogP contribution in [-0.2, 0) is 6.54 Å². The van der Waals surface area contributed by atoms with Gasteiger partial charge in [-0.2, -0.15) is 0 Å². The Morgan fingerprint density at radius 3 is 2.56 bits per heavy atom. The maximum Gasteiger partial charge on any atom is 0.123 e. The van der Waals surface area contributed by atoms with E-state index in [0.29, 0.717) is 6.04 Å². The molecule has 1 aliphatic heterocycles. The molecule has 1 aliphatic rings. The van der Waals surface area contributed by atoms with E-state index in [2.05, 4.69) is 23.6 Å². The second-order valence-electron chi connectivity index (χ2n) is 5.20. The van der Waals surface area contributed by atoms with Crippen LogP contribution in [0.25, 0.3) is 0 Å². The summed E-state index contributed by atoms with van der Waals surface area (Å²) in [4.78, 5) is 4.95. The van der Waals surface area contributed by atoms with Crippen LogP contribution in [0.5, 0.6) is 0 Å². The van der Waals surface area contributed by atoms with Crippen molar-refractivity contribution < 1.29 is 4.39 Å². The van der Waals surface area contributed by atoms with E-state index in [0.717, 1.165) is 38.3 Å². The van der Waals surface area contributed by atoms with E-state index in [1.165, 1.54) is 12.5 Å². The van der Waals surface area contributed by atoms with Gasteiger partial charge in [0, 0.05) is 38.8 Å². The van der Waals surface area contributed by atoms with E-state index in [1.54, 1.807) is 12.1 Å². The first-order chi connectivity index (χ1) is 8.69. The minimum absolute atomic E-state index is 0.134. The number of halogens is 1. The molecular formula is C15H23FN2. The highest BCUT2D eigenvalue weighted by Gasteiger charge is 2.19. The Labute approximate surface area is 109 Å². The van der Waals surface area contributed by atoms with E-state index in [-0.39, 0.29) is 5.82 Å². The minimum Gasteiger partial charge on any atom is -0.298 e. The molecule has 2 rings (SSSR count). The molecule has 1 saturated heterocycles. The molecule has 2 nitrogen and oxygen atoms in total. The van der Waals surface area contributed by atoms with Crippen LogP contribution in [0, 0.1) is 5.82 Å². The smallest absolute Gasteiger partial charge is 0.123 e. The number of rotatable bonds is 4. The molecule has 1 unspecified atom stereocenters. The lowest BCUT2D eigenvalue weighted by atomic mass is 10.1. The van der Waals surface area contributed by atoms with Crippen LogP contribution in [0.15, 0.2) is 24.3 Å². The fourth-order valence-electron chi connectivity index (χ4n) is 2.51. The largest absolute Gasteiger partial charge is 0.298 e. The Bertz CT molecular complexity index is 373. The van der Waals surface area contributed by atoms with Crippen molar-refractivity contribution in [3.8, 4) is 0 Å². The van der Waals surface area contributed by atoms with Crippen LogP contribution < -0.4 is 0 Å². The zero-order chi connectivity index (χ0) is 13.0. The molecule has 0 amide bonds. The van der Waals surface area contributed by atoms with Gasteiger partial charge in [0.2, 0.25) is 0 Å². The summed E-state index contributed by atoms with van der Waals surface area (Å²) >= 11 is 0. The molecule has 18 heavy (non-hydrogen) atoms. The molecule has 1 heterocycles. The van der Waals surface area contributed by atoms with Gasteiger partial charge in [-0.05, 0) is 31.0 Å². The average molecular weight is 250 g/mol. The van der Waals surface area contributed by atoms with Crippen molar-refractivity contribution in [3.63, 3.8) is 0 Å². The third kappa shape index (κ3) is 3.53. The van der Waals surface area contributed by atoms with Crippen molar-refractivity contribution in [2.24, 2.45) is 0 Å². The van der Waals surface area contributed by atoms with Crippen LogP contribution in [0.2, 0.25) is 0 Å². The van der Waals surface area contributed by atoms with E-state index < -0.39 is 0 Å². The number of nitrogens with zero attached hydrogens (tertiary/aromatic N) is 2. The van der Waals surface area contributed by atoms with Crippen molar-refractivity contribution in [3.05, 3.63) is 35.6 Å². The van der Waals surface area contributed by atoms with Gasteiger partial charge in [-0.3, -0.25) is 9.80 Å². The van der Waals surface area contributed by atoms with Crippen LogP contribution in [0.3, 0.4) is 0 Å². The lowest BCUT2D eigenvalue weighted by Gasteiger charge is -2.37. The monoisotopic (exact) mass is 250 g/mol. The zero-order valence-electron chi connectivity index (χ0n) is 11.4. The summed E-state index contributed by atoms with van der Waals surface area (Å²) in [7, 11) is 0. The molecule has 0 saturated carbocycles. The summed E-state index contributed by atoms with van der Waals surface area (Å²) in [6, 6.07) is 7.62. The summed E-state index contributed by atoms with van der Waals surface area (Å²) in [5, 5.41) is 0. The SMILES string of the molecule is CCC(C)N1CCN(Cc2cccc(F)c2)CC1. The second-order valence-corrected chi connectivity index (χ2v) is 5.20. The first-order valence-corrected chi connectivity index (χ1v) is 6.90. The maximum atomic E-state index is 13.1. The predicted molar refractivity (Wildman–Crippen MR) is 73.0 cm³/mol. The van der Waals surface area contributed by atoms with Crippen molar-refractivity contribution in [2.75, 3.05) is 26.2 Å². The fraction of sp³-hybridized carbons (Fsp3) is 0.600. The van der Waals surface area contributed by atoms with Gasteiger partial charge in [-0.15, -0.1) is 0 Å². The highest BCUT2D eigenvalue weighted by molar-refractivity contribution is 5.16. The van der Waals surface area contributed by atoms with Crippen LogP contribution in [0.4, 0.5) is 4.39 Å². The molecule has 0 N–H and O–H groups in total. The summed E-state index contributed by atoms with van der Waals surface area (Å²) in [6.07, 6.45) is 1.21. The molecule has 0 bridgehead atoms. The van der Waals surface area contributed by atoms with E-state index in [1.807, 2.05) is 6.07 Å². The number of piperazine rings is 1. The van der Waals surface area contributed by atoms with Crippen molar-refractivity contribution in [2.45, 2.75) is 32.9 Å². The third-order valence-corrected chi connectivity index (χ3v) is 3.92. The lowest BCUT2D eigenvalue weighted by molar-refractivity contribution is 0.0963. The van der Waals surface area contributed by atoms with Crippen LogP contribution in [0.1, 0.15) is 25.8 Å². The van der Waals surface area contributed by atoms with E-state index in [4.69, 9.17) is 0 Å². The molecule has 1 atom stereocenters. The number of benzene rings is 1. The van der Waals surface area contributed by atoms with Crippen LogP contribution in [-0.4, -0.2) is 42.0 Å². The van der Waals surface area contributed by atoms with Gasteiger partial charge in [0.15, 0.2) is 0 Å². The Balaban J connectivity index is 1.83. The Kier molecular flexibility index (Phi) is 4.72. The Morgan fingerprint density at radius 2 is 1.94 bits per heavy atom. The zero-order valence-corrected chi connectivity index (χ0v) is 11.4. The molecule has 0 radical (unpaired) electrons. The molecule has 1 aromatic carbocycles.